The number of carbonyl (C=O) groups is 2. The Balaban J connectivity index is 2.04. The van der Waals surface area contributed by atoms with Crippen LogP contribution in [0.4, 0.5) is 0 Å². The van der Waals surface area contributed by atoms with E-state index >= 15 is 0 Å². The first-order valence-corrected chi connectivity index (χ1v) is 13.5. The zero-order valence-corrected chi connectivity index (χ0v) is 21.7. The highest BCUT2D eigenvalue weighted by Gasteiger charge is 2.27. The fraction of sp³-hybridized carbons (Fsp3) is 0.400. The molecule has 2 aromatic rings. The molecule has 0 unspecified atom stereocenters. The highest BCUT2D eigenvalue weighted by molar-refractivity contribution is 7.89. The third-order valence-electron chi connectivity index (χ3n) is 5.72. The number of nitrogens with two attached hydrogens (primary N) is 3. The summed E-state index contributed by atoms with van der Waals surface area (Å²) in [5, 5.41) is 7.92. The van der Waals surface area contributed by atoms with Crippen LogP contribution in [-0.2, 0) is 26.0 Å². The average molecular weight is 533 g/mol. The molecule has 0 aliphatic heterocycles. The smallest absolute Gasteiger partial charge is 0.241 e. The van der Waals surface area contributed by atoms with Gasteiger partial charge in [0.1, 0.15) is 17.8 Å². The zero-order chi connectivity index (χ0) is 27.4. The van der Waals surface area contributed by atoms with Crippen molar-refractivity contribution >= 4 is 27.8 Å². The van der Waals surface area contributed by atoms with Gasteiger partial charge in [-0.2, -0.15) is 4.72 Å². The van der Waals surface area contributed by atoms with Gasteiger partial charge in [0.15, 0.2) is 5.96 Å². The molecule has 37 heavy (non-hydrogen) atoms. The number of primary amides is 2. The number of hydrogen-bond acceptors (Lipinski definition) is 6. The van der Waals surface area contributed by atoms with E-state index < -0.39 is 33.9 Å². The second-order valence-corrected chi connectivity index (χ2v) is 10.3. The Hall–Kier alpha value is -3.64. The first-order valence-electron chi connectivity index (χ1n) is 12.0. The number of nitrogens with zero attached hydrogens (tertiary/aromatic N) is 1. The summed E-state index contributed by atoms with van der Waals surface area (Å²) in [6.45, 7) is 2.66. The maximum absolute atomic E-state index is 12.8. The normalized spacial score (nSPS) is 12.9. The van der Waals surface area contributed by atoms with Crippen LogP contribution in [0.15, 0.2) is 59.5 Å². The van der Waals surface area contributed by atoms with Gasteiger partial charge in [0.2, 0.25) is 21.8 Å². The molecule has 0 aliphatic rings. The van der Waals surface area contributed by atoms with E-state index in [1.165, 1.54) is 17.0 Å². The fourth-order valence-electron chi connectivity index (χ4n) is 3.68. The molecule has 2 aromatic carbocycles. The number of rotatable bonds is 16. The predicted molar refractivity (Wildman–Crippen MR) is 141 cm³/mol. The van der Waals surface area contributed by atoms with Crippen molar-refractivity contribution in [2.24, 2.45) is 17.2 Å². The van der Waals surface area contributed by atoms with Gasteiger partial charge in [-0.05, 0) is 49.1 Å². The van der Waals surface area contributed by atoms with Crippen LogP contribution in [-0.4, -0.2) is 56.3 Å². The molecule has 0 radical (unpaired) electrons. The van der Waals surface area contributed by atoms with Gasteiger partial charge >= 0.3 is 0 Å². The lowest BCUT2D eigenvalue weighted by Crippen LogP contribution is -2.52. The van der Waals surface area contributed by atoms with Crippen molar-refractivity contribution in [3.05, 3.63) is 60.2 Å². The summed E-state index contributed by atoms with van der Waals surface area (Å²) in [5.41, 5.74) is 17.6. The number of ether oxygens (including phenoxy) is 1. The molecular weight excluding hydrogens is 496 g/mol. The van der Waals surface area contributed by atoms with Crippen LogP contribution in [0.25, 0.3) is 0 Å². The van der Waals surface area contributed by atoms with Crippen molar-refractivity contribution in [2.75, 3.05) is 13.2 Å². The van der Waals surface area contributed by atoms with E-state index in [2.05, 4.69) is 4.72 Å². The fourth-order valence-corrected chi connectivity index (χ4v) is 4.91. The summed E-state index contributed by atoms with van der Waals surface area (Å²) < 4.78 is 33.6. The average Bonchev–Trinajstić information content (AvgIpc) is 2.85. The Labute approximate surface area is 217 Å². The lowest BCUT2D eigenvalue weighted by molar-refractivity contribution is -0.122. The molecule has 0 saturated heterocycles. The van der Waals surface area contributed by atoms with E-state index in [9.17, 15) is 18.0 Å². The van der Waals surface area contributed by atoms with Crippen LogP contribution >= 0.6 is 0 Å². The molecule has 0 spiro atoms. The monoisotopic (exact) mass is 532 g/mol. The van der Waals surface area contributed by atoms with Crippen LogP contribution in [0.3, 0.4) is 0 Å². The molecule has 0 bridgehead atoms. The molecule has 202 valence electrons. The second kappa shape index (κ2) is 14.2. The van der Waals surface area contributed by atoms with Gasteiger partial charge in [-0.25, -0.2) is 8.42 Å². The van der Waals surface area contributed by atoms with Crippen molar-refractivity contribution in [3.8, 4) is 5.75 Å². The van der Waals surface area contributed by atoms with E-state index in [-0.39, 0.29) is 36.7 Å². The largest absolute Gasteiger partial charge is 0.494 e. The van der Waals surface area contributed by atoms with Crippen molar-refractivity contribution < 1.29 is 22.7 Å². The van der Waals surface area contributed by atoms with Gasteiger partial charge in [-0.1, -0.05) is 43.7 Å². The number of unbranched alkanes of at least 4 members (excludes halogenated alkanes) is 1. The van der Waals surface area contributed by atoms with Gasteiger partial charge < -0.3 is 26.8 Å². The molecule has 12 heteroatoms. The van der Waals surface area contributed by atoms with Crippen LogP contribution in [0, 0.1) is 5.41 Å². The summed E-state index contributed by atoms with van der Waals surface area (Å²) in [4.78, 5) is 25.5. The van der Waals surface area contributed by atoms with Crippen molar-refractivity contribution in [2.45, 2.75) is 56.0 Å². The number of carbonyl (C=O) groups excluding carboxylic acids is 2. The zero-order valence-electron chi connectivity index (χ0n) is 20.9. The number of amides is 2. The van der Waals surface area contributed by atoms with Crippen LogP contribution in [0.5, 0.6) is 5.75 Å². The summed E-state index contributed by atoms with van der Waals surface area (Å²) in [5.74, 6) is -1.33. The minimum absolute atomic E-state index is 0.0212. The molecule has 8 N–H and O–H groups in total. The van der Waals surface area contributed by atoms with Crippen LogP contribution < -0.4 is 26.7 Å². The van der Waals surface area contributed by atoms with Gasteiger partial charge in [-0.3, -0.25) is 15.0 Å². The Morgan fingerprint density at radius 2 is 1.65 bits per heavy atom. The topological polar surface area (TPSA) is 195 Å². The summed E-state index contributed by atoms with van der Waals surface area (Å²) in [6.07, 6.45) is 2.33. The number of guanidine groups is 1. The van der Waals surface area contributed by atoms with Crippen molar-refractivity contribution in [3.63, 3.8) is 0 Å². The van der Waals surface area contributed by atoms with Gasteiger partial charge in [0, 0.05) is 13.0 Å². The Morgan fingerprint density at radius 1 is 1.00 bits per heavy atom. The third-order valence-corrected chi connectivity index (χ3v) is 7.21. The molecule has 2 atom stereocenters. The van der Waals surface area contributed by atoms with E-state index in [1.807, 2.05) is 37.3 Å². The summed E-state index contributed by atoms with van der Waals surface area (Å²) in [6, 6.07) is 12.9. The minimum atomic E-state index is -4.04. The van der Waals surface area contributed by atoms with E-state index in [0.717, 1.165) is 18.4 Å². The molecule has 0 saturated carbocycles. The molecule has 2 amide bonds. The van der Waals surface area contributed by atoms with Crippen molar-refractivity contribution in [1.82, 2.24) is 9.62 Å². The Bertz CT molecular complexity index is 1140. The number of sulfonamides is 1. The van der Waals surface area contributed by atoms with Gasteiger partial charge in [0.05, 0.1) is 11.5 Å². The van der Waals surface area contributed by atoms with E-state index in [0.29, 0.717) is 12.4 Å². The minimum Gasteiger partial charge on any atom is -0.494 e. The SMILES string of the molecule is CCCCOc1ccc(S(=O)(=O)N[C@@H](CCCN(C(=N)N)[C@@H](Cc2ccccc2)C(N)=O)C(N)=O)cc1. The van der Waals surface area contributed by atoms with Gasteiger partial charge in [0.25, 0.3) is 0 Å². The van der Waals surface area contributed by atoms with Gasteiger partial charge in [-0.15, -0.1) is 0 Å². The Morgan fingerprint density at radius 3 is 2.19 bits per heavy atom. The molecule has 0 aromatic heterocycles. The lowest BCUT2D eigenvalue weighted by atomic mass is 10.0. The molecule has 2 rings (SSSR count). The van der Waals surface area contributed by atoms with Crippen molar-refractivity contribution in [1.29, 1.82) is 5.41 Å². The van der Waals surface area contributed by atoms with E-state index in [1.54, 1.807) is 12.1 Å². The molecule has 11 nitrogen and oxygen atoms in total. The maximum atomic E-state index is 12.8. The lowest BCUT2D eigenvalue weighted by Gasteiger charge is -2.30. The molecule has 0 heterocycles. The van der Waals surface area contributed by atoms with Crippen LogP contribution in [0.1, 0.15) is 38.2 Å². The number of benzene rings is 2. The quantitative estimate of drug-likeness (QED) is 0.121. The maximum Gasteiger partial charge on any atom is 0.241 e. The predicted octanol–water partition coefficient (Wildman–Crippen LogP) is 1.07. The van der Waals surface area contributed by atoms with Crippen LogP contribution in [0.2, 0.25) is 0 Å². The Kier molecular flexibility index (Phi) is 11.3. The molecule has 0 fully saturated rings. The number of hydrogen-bond donors (Lipinski definition) is 5. The summed E-state index contributed by atoms with van der Waals surface area (Å²) in [7, 11) is -4.04. The first-order chi connectivity index (χ1) is 17.5. The third kappa shape index (κ3) is 9.39. The highest BCUT2D eigenvalue weighted by Crippen LogP contribution is 2.17. The standard InChI is InChI=1S/C25H36N6O5S/c1-2-3-16-36-19-11-13-20(14-12-19)37(34,35)30-21(23(26)32)10-7-15-31(25(28)29)22(24(27)33)17-18-8-5-4-6-9-18/h4-6,8-9,11-14,21-22,30H,2-3,7,10,15-17H2,1H3,(H2,26,32)(H2,27,33)(H3,28,29)/t21-,22-/m0/s1. The second-order valence-electron chi connectivity index (χ2n) is 8.58. The molecule has 0 aliphatic carbocycles. The molecular formula is C25H36N6O5S. The number of nitrogens with one attached hydrogen (secondary N) is 2. The summed E-state index contributed by atoms with van der Waals surface area (Å²) >= 11 is 0. The van der Waals surface area contributed by atoms with E-state index in [4.69, 9.17) is 27.3 Å². The highest BCUT2D eigenvalue weighted by atomic mass is 32.2. The first kappa shape index (κ1) is 29.6.